The molecule has 0 saturated heterocycles. The van der Waals surface area contributed by atoms with Crippen LogP contribution in [0.2, 0.25) is 0 Å². The second-order valence-corrected chi connectivity index (χ2v) is 8.58. The van der Waals surface area contributed by atoms with Crippen molar-refractivity contribution in [2.24, 2.45) is 0 Å². The molecule has 0 spiro atoms. The maximum Gasteiger partial charge on any atom is 0.125 e. The van der Waals surface area contributed by atoms with Crippen molar-refractivity contribution in [3.05, 3.63) is 23.3 Å². The first-order valence-electron chi connectivity index (χ1n) is 9.18. The van der Waals surface area contributed by atoms with Crippen molar-refractivity contribution in [2.75, 3.05) is 7.11 Å². The predicted octanol–water partition coefficient (Wildman–Crippen LogP) is 4.69. The van der Waals surface area contributed by atoms with Crippen LogP contribution in [0.5, 0.6) is 5.75 Å². The molecule has 4 nitrogen and oxygen atoms in total. The fraction of sp³-hybridized carbons (Fsp3) is 0.684. The zero-order valence-electron chi connectivity index (χ0n) is 14.4. The molecule has 0 bridgehead atoms. The zero-order chi connectivity index (χ0) is 17.2. The van der Waals surface area contributed by atoms with Gasteiger partial charge in [0.25, 0.3) is 0 Å². The van der Waals surface area contributed by atoms with E-state index in [1.54, 1.807) is 19.2 Å². The van der Waals surface area contributed by atoms with Crippen molar-refractivity contribution >= 4 is 10.1 Å². The Morgan fingerprint density at radius 2 is 1.29 bits per heavy atom. The molecule has 2 saturated carbocycles. The van der Waals surface area contributed by atoms with Crippen molar-refractivity contribution in [2.45, 2.75) is 80.9 Å². The van der Waals surface area contributed by atoms with Gasteiger partial charge in [0.2, 0.25) is 0 Å². The molecular weight excluding hydrogens is 324 g/mol. The summed E-state index contributed by atoms with van der Waals surface area (Å²) in [5, 5.41) is 0. The molecule has 0 radical (unpaired) electrons. The topological polar surface area (TPSA) is 66.4 Å². The van der Waals surface area contributed by atoms with E-state index in [1.165, 1.54) is 12.8 Å². The molecule has 5 heteroatoms. The average Bonchev–Trinajstić information content (AvgIpc) is 2.61. The molecule has 2 fully saturated rings. The summed E-state index contributed by atoms with van der Waals surface area (Å²) in [5.41, 5.74) is 1.43. The highest BCUT2D eigenvalue weighted by Gasteiger charge is 2.28. The van der Waals surface area contributed by atoms with Gasteiger partial charge in [-0.2, -0.15) is 0 Å². The van der Waals surface area contributed by atoms with Crippen LogP contribution in [0.3, 0.4) is 0 Å². The van der Waals surface area contributed by atoms with Crippen LogP contribution < -0.4 is 4.74 Å². The zero-order valence-corrected chi connectivity index (χ0v) is 15.2. The predicted molar refractivity (Wildman–Crippen MR) is 92.6 cm³/mol. The van der Waals surface area contributed by atoms with Crippen molar-refractivity contribution in [3.63, 3.8) is 0 Å². The minimum Gasteiger partial charge on any atom is -0.744 e. The van der Waals surface area contributed by atoms with E-state index in [0.717, 1.165) is 51.4 Å². The van der Waals surface area contributed by atoms with Crippen molar-refractivity contribution in [1.29, 1.82) is 0 Å². The van der Waals surface area contributed by atoms with E-state index in [9.17, 15) is 13.0 Å². The summed E-state index contributed by atoms with van der Waals surface area (Å²) in [7, 11) is -2.89. The Labute approximate surface area is 145 Å². The molecule has 0 aromatic heterocycles. The third-order valence-electron chi connectivity index (χ3n) is 5.70. The Balaban J connectivity index is 2.14. The highest BCUT2D eigenvalue weighted by atomic mass is 32.2. The average molecular weight is 351 g/mol. The first kappa shape index (κ1) is 17.7. The normalized spacial score (nSPS) is 20.9. The van der Waals surface area contributed by atoms with Gasteiger partial charge in [-0.15, -0.1) is 0 Å². The Bertz CT molecular complexity index is 630. The monoisotopic (exact) mass is 351 g/mol. The first-order chi connectivity index (χ1) is 11.5. The number of methoxy groups -OCH3 is 1. The van der Waals surface area contributed by atoms with Crippen LogP contribution in [-0.4, -0.2) is 20.1 Å². The second-order valence-electron chi connectivity index (χ2n) is 7.26. The van der Waals surface area contributed by atoms with Crippen LogP contribution in [0.15, 0.2) is 17.0 Å². The van der Waals surface area contributed by atoms with Crippen LogP contribution in [0.25, 0.3) is 0 Å². The number of ether oxygens (including phenoxy) is 1. The summed E-state index contributed by atoms with van der Waals surface area (Å²) < 4.78 is 41.9. The molecular formula is C19H27O4S-. The van der Waals surface area contributed by atoms with Crippen LogP contribution in [-0.2, 0) is 10.1 Å². The first-order valence-corrected chi connectivity index (χ1v) is 10.6. The van der Waals surface area contributed by atoms with Gasteiger partial charge in [0.1, 0.15) is 15.9 Å². The number of rotatable bonds is 4. The number of hydrogen-bond donors (Lipinski definition) is 0. The SMILES string of the molecule is COc1cc(C2CCCCC2)c(S(=O)(=O)[O-])c(C2CCCCC2)c1. The van der Waals surface area contributed by atoms with Gasteiger partial charge in [-0.05, 0) is 60.8 Å². The molecule has 0 amide bonds. The second kappa shape index (κ2) is 7.44. The Morgan fingerprint density at radius 3 is 1.62 bits per heavy atom. The van der Waals surface area contributed by atoms with Gasteiger partial charge in [0.15, 0.2) is 0 Å². The maximum absolute atomic E-state index is 12.2. The van der Waals surface area contributed by atoms with Crippen LogP contribution >= 0.6 is 0 Å². The van der Waals surface area contributed by atoms with Crippen LogP contribution in [0.1, 0.15) is 87.2 Å². The smallest absolute Gasteiger partial charge is 0.125 e. The molecule has 0 aliphatic heterocycles. The highest BCUT2D eigenvalue weighted by Crippen LogP contribution is 2.44. The van der Waals surface area contributed by atoms with E-state index < -0.39 is 10.1 Å². The van der Waals surface area contributed by atoms with Crippen LogP contribution in [0.4, 0.5) is 0 Å². The summed E-state index contributed by atoms with van der Waals surface area (Å²) in [5.74, 6) is 1.01. The molecule has 0 N–H and O–H groups in total. The van der Waals surface area contributed by atoms with E-state index in [-0.39, 0.29) is 16.7 Å². The Morgan fingerprint density at radius 1 is 0.875 bits per heavy atom. The lowest BCUT2D eigenvalue weighted by molar-refractivity contribution is 0.395. The molecule has 1 aromatic rings. The molecule has 1 aromatic carbocycles. The van der Waals surface area contributed by atoms with Crippen molar-refractivity contribution < 1.29 is 17.7 Å². The van der Waals surface area contributed by atoms with E-state index in [4.69, 9.17) is 4.74 Å². The van der Waals surface area contributed by atoms with Crippen LogP contribution in [0, 0.1) is 0 Å². The molecule has 2 aliphatic carbocycles. The van der Waals surface area contributed by atoms with E-state index >= 15 is 0 Å². The van der Waals surface area contributed by atoms with E-state index in [0.29, 0.717) is 16.9 Å². The molecule has 3 rings (SSSR count). The standard InChI is InChI=1S/C19H28O4S/c1-23-16-12-17(14-8-4-2-5-9-14)19(24(20,21)22)18(13-16)15-10-6-3-7-11-15/h12-15H,2-11H2,1H3,(H,20,21,22)/p-1. The summed E-state index contributed by atoms with van der Waals surface area (Å²) >= 11 is 0. The van der Waals surface area contributed by atoms with Crippen molar-refractivity contribution in [3.8, 4) is 5.75 Å². The molecule has 24 heavy (non-hydrogen) atoms. The van der Waals surface area contributed by atoms with Gasteiger partial charge in [-0.1, -0.05) is 38.5 Å². The molecule has 0 atom stereocenters. The van der Waals surface area contributed by atoms with Crippen molar-refractivity contribution in [1.82, 2.24) is 0 Å². The Kier molecular flexibility index (Phi) is 5.50. The van der Waals surface area contributed by atoms with Gasteiger partial charge in [0, 0.05) is 0 Å². The van der Waals surface area contributed by atoms with Gasteiger partial charge in [-0.25, -0.2) is 8.42 Å². The molecule has 134 valence electrons. The summed E-state index contributed by atoms with van der Waals surface area (Å²) in [6.45, 7) is 0. The maximum atomic E-state index is 12.2. The quantitative estimate of drug-likeness (QED) is 0.738. The lowest BCUT2D eigenvalue weighted by atomic mass is 9.79. The summed E-state index contributed by atoms with van der Waals surface area (Å²) in [6.07, 6.45) is 10.6. The fourth-order valence-electron chi connectivity index (χ4n) is 4.49. The molecule has 0 heterocycles. The van der Waals surface area contributed by atoms with E-state index in [1.807, 2.05) is 0 Å². The lowest BCUT2D eigenvalue weighted by Crippen LogP contribution is -2.16. The highest BCUT2D eigenvalue weighted by molar-refractivity contribution is 7.85. The van der Waals surface area contributed by atoms with E-state index in [2.05, 4.69) is 0 Å². The lowest BCUT2D eigenvalue weighted by Gasteiger charge is -2.31. The molecule has 0 unspecified atom stereocenters. The Hall–Kier alpha value is -1.07. The minimum absolute atomic E-state index is 0.0714. The summed E-state index contributed by atoms with van der Waals surface area (Å²) in [6, 6.07) is 3.60. The molecule has 2 aliphatic rings. The number of benzene rings is 1. The third-order valence-corrected chi connectivity index (χ3v) is 6.67. The van der Waals surface area contributed by atoms with Gasteiger partial charge >= 0.3 is 0 Å². The van der Waals surface area contributed by atoms with Gasteiger partial charge < -0.3 is 9.29 Å². The van der Waals surface area contributed by atoms with Gasteiger partial charge in [0.05, 0.1) is 12.0 Å². The summed E-state index contributed by atoms with van der Waals surface area (Å²) in [4.78, 5) is 0.0714. The number of hydrogen-bond acceptors (Lipinski definition) is 4. The van der Waals surface area contributed by atoms with Gasteiger partial charge in [-0.3, -0.25) is 0 Å². The largest absolute Gasteiger partial charge is 0.744 e. The minimum atomic E-state index is -4.49. The third kappa shape index (κ3) is 3.77. The fourth-order valence-corrected chi connectivity index (χ4v) is 5.51.